The van der Waals surface area contributed by atoms with Crippen molar-refractivity contribution in [2.24, 2.45) is 5.73 Å². The van der Waals surface area contributed by atoms with Crippen molar-refractivity contribution in [1.82, 2.24) is 19.3 Å². The number of nitrogens with two attached hydrogens (primary N) is 1. The Morgan fingerprint density at radius 3 is 2.46 bits per heavy atom. The summed E-state index contributed by atoms with van der Waals surface area (Å²) in [5.41, 5.74) is 16.0. The van der Waals surface area contributed by atoms with E-state index in [1.165, 1.54) is 20.7 Å². The van der Waals surface area contributed by atoms with Crippen LogP contribution in [0.5, 0.6) is 0 Å². The van der Waals surface area contributed by atoms with E-state index in [0.29, 0.717) is 22.3 Å². The van der Waals surface area contributed by atoms with E-state index in [-0.39, 0.29) is 10.5 Å². The number of hydrogen-bond donors (Lipinski definition) is 2. The number of carbonyl (C=O) groups is 1. The lowest BCUT2D eigenvalue weighted by molar-refractivity contribution is 0.0999. The molecule has 8 nitrogen and oxygen atoms in total. The maximum absolute atomic E-state index is 13.9. The van der Waals surface area contributed by atoms with Crippen molar-refractivity contribution in [3.05, 3.63) is 99.9 Å². The number of carbonyl (C=O) groups excluding carboxylic acids is 1. The van der Waals surface area contributed by atoms with Gasteiger partial charge in [0.2, 0.25) is 5.91 Å². The molecule has 3 heterocycles. The molecule has 1 aliphatic heterocycles. The highest BCUT2D eigenvalue weighted by Gasteiger charge is 2.26. The van der Waals surface area contributed by atoms with Gasteiger partial charge in [-0.15, -0.1) is 0 Å². The fraction of sp³-hybridized carbons (Fsp3) is 0.219. The molecule has 0 unspecified atom stereocenters. The number of primary amides is 1. The van der Waals surface area contributed by atoms with Gasteiger partial charge in [0.25, 0.3) is 10.0 Å². The van der Waals surface area contributed by atoms with Crippen molar-refractivity contribution in [2.75, 3.05) is 6.54 Å². The topological polar surface area (TPSA) is 120 Å². The molecule has 0 aliphatic carbocycles. The Bertz CT molecular complexity index is 1980. The van der Waals surface area contributed by atoms with Gasteiger partial charge in [-0.25, -0.2) is 22.4 Å². The Balaban J connectivity index is 1.61. The van der Waals surface area contributed by atoms with Crippen LogP contribution in [0.15, 0.2) is 65.8 Å². The molecule has 0 atom stereocenters. The molecule has 0 radical (unpaired) electrons. The predicted octanol–water partition coefficient (Wildman–Crippen LogP) is 4.98. The lowest BCUT2D eigenvalue weighted by Crippen LogP contribution is -2.24. The van der Waals surface area contributed by atoms with Gasteiger partial charge in [0.15, 0.2) is 5.65 Å². The number of aryl methyl sites for hydroxylation is 2. The first-order valence-corrected chi connectivity index (χ1v) is 14.9. The molecular weight excluding hydrogens is 534 g/mol. The first-order chi connectivity index (χ1) is 19.6. The van der Waals surface area contributed by atoms with Crippen LogP contribution in [-0.4, -0.2) is 34.8 Å². The number of hydrogen-bond acceptors (Lipinski definition) is 6. The average molecular weight is 566 g/mol. The molecule has 1 amide bonds. The summed E-state index contributed by atoms with van der Waals surface area (Å²) in [6, 6.07) is 14.5. The lowest BCUT2D eigenvalue weighted by atomic mass is 9.93. The van der Waals surface area contributed by atoms with Crippen LogP contribution in [0, 0.1) is 27.7 Å². The molecule has 1 aliphatic rings. The molecule has 0 fully saturated rings. The molecule has 0 spiro atoms. The Labute approximate surface area is 239 Å². The van der Waals surface area contributed by atoms with E-state index in [9.17, 15) is 13.2 Å². The quantitative estimate of drug-likeness (QED) is 0.310. The Morgan fingerprint density at radius 2 is 1.73 bits per heavy atom. The molecule has 5 aromatic rings. The van der Waals surface area contributed by atoms with Gasteiger partial charge >= 0.3 is 0 Å². The van der Waals surface area contributed by atoms with Gasteiger partial charge in [-0.3, -0.25) is 4.79 Å². The van der Waals surface area contributed by atoms with E-state index in [4.69, 9.17) is 10.7 Å². The Kier molecular flexibility index (Phi) is 6.51. The predicted molar refractivity (Wildman–Crippen MR) is 160 cm³/mol. The summed E-state index contributed by atoms with van der Waals surface area (Å²) in [7, 11) is -3.98. The molecule has 6 rings (SSSR count). The van der Waals surface area contributed by atoms with Crippen molar-refractivity contribution >= 4 is 27.1 Å². The molecule has 41 heavy (non-hydrogen) atoms. The number of benzene rings is 3. The van der Waals surface area contributed by atoms with Gasteiger partial charge in [0, 0.05) is 29.4 Å². The molecule has 2 aromatic heterocycles. The third-order valence-corrected chi connectivity index (χ3v) is 9.78. The zero-order chi connectivity index (χ0) is 29.1. The first-order valence-electron chi connectivity index (χ1n) is 13.5. The molecule has 0 saturated heterocycles. The second kappa shape index (κ2) is 9.94. The van der Waals surface area contributed by atoms with Gasteiger partial charge in [0.05, 0.1) is 16.8 Å². The maximum atomic E-state index is 13.9. The summed E-state index contributed by atoms with van der Waals surface area (Å²) in [6.07, 6.45) is 4.16. The highest BCUT2D eigenvalue weighted by molar-refractivity contribution is 7.90. The molecular formula is C32H31N5O3S. The van der Waals surface area contributed by atoms with Crippen LogP contribution in [0.1, 0.15) is 43.7 Å². The molecule has 0 saturated carbocycles. The van der Waals surface area contributed by atoms with Crippen LogP contribution in [-0.2, 0) is 23.0 Å². The van der Waals surface area contributed by atoms with Gasteiger partial charge in [-0.2, -0.15) is 0 Å². The van der Waals surface area contributed by atoms with Crippen molar-refractivity contribution in [3.63, 3.8) is 0 Å². The first kappa shape index (κ1) is 26.9. The summed E-state index contributed by atoms with van der Waals surface area (Å²) in [5, 5.41) is 3.43. The van der Waals surface area contributed by atoms with Crippen LogP contribution < -0.4 is 11.1 Å². The van der Waals surface area contributed by atoms with Crippen molar-refractivity contribution in [3.8, 4) is 22.4 Å². The van der Waals surface area contributed by atoms with Crippen molar-refractivity contribution < 1.29 is 13.2 Å². The number of nitrogens with zero attached hydrogens (tertiary/aromatic N) is 3. The Morgan fingerprint density at radius 1 is 0.976 bits per heavy atom. The van der Waals surface area contributed by atoms with Crippen LogP contribution in [0.3, 0.4) is 0 Å². The summed E-state index contributed by atoms with van der Waals surface area (Å²) in [5.74, 6) is -0.512. The van der Waals surface area contributed by atoms with E-state index >= 15 is 0 Å². The standard InChI is InChI=1S/C32H31N5O3S/c1-18-5-7-24(8-6-18)41(39,40)37-17-28(25-9-10-26(31(33)38)21(4)20(25)3)30-32(37)35-16-29(36-30)23-13-19(2)27-15-34-12-11-22(27)14-23/h5-10,13-14,16-17,34H,11-12,15H2,1-4H3,(H2,33,38). The number of nitrogens with one attached hydrogen (secondary N) is 1. The maximum Gasteiger partial charge on any atom is 0.269 e. The van der Waals surface area contributed by atoms with E-state index < -0.39 is 15.9 Å². The van der Waals surface area contributed by atoms with Gasteiger partial charge in [-0.05, 0) is 104 Å². The van der Waals surface area contributed by atoms with E-state index in [2.05, 4.69) is 29.4 Å². The highest BCUT2D eigenvalue weighted by atomic mass is 32.2. The second-order valence-corrected chi connectivity index (χ2v) is 12.5. The Hall–Kier alpha value is -4.34. The van der Waals surface area contributed by atoms with E-state index in [0.717, 1.165) is 47.3 Å². The van der Waals surface area contributed by atoms with Crippen LogP contribution in [0.2, 0.25) is 0 Å². The van der Waals surface area contributed by atoms with Gasteiger partial charge < -0.3 is 11.1 Å². The normalized spacial score (nSPS) is 13.4. The third kappa shape index (κ3) is 4.51. The van der Waals surface area contributed by atoms with E-state index in [1.54, 1.807) is 48.8 Å². The van der Waals surface area contributed by atoms with E-state index in [1.807, 2.05) is 20.8 Å². The monoisotopic (exact) mass is 565 g/mol. The minimum absolute atomic E-state index is 0.160. The van der Waals surface area contributed by atoms with Crippen LogP contribution in [0.25, 0.3) is 33.5 Å². The minimum Gasteiger partial charge on any atom is -0.366 e. The fourth-order valence-electron chi connectivity index (χ4n) is 5.64. The number of fused-ring (bicyclic) bond motifs is 2. The average Bonchev–Trinajstić information content (AvgIpc) is 3.34. The summed E-state index contributed by atoms with van der Waals surface area (Å²) in [6.45, 7) is 9.51. The molecule has 0 bridgehead atoms. The zero-order valence-corrected chi connectivity index (χ0v) is 24.3. The third-order valence-electron chi connectivity index (χ3n) is 8.12. The lowest BCUT2D eigenvalue weighted by Gasteiger charge is -2.20. The number of amides is 1. The number of rotatable bonds is 5. The van der Waals surface area contributed by atoms with Crippen LogP contribution in [0.4, 0.5) is 0 Å². The van der Waals surface area contributed by atoms with Crippen LogP contribution >= 0.6 is 0 Å². The number of aromatic nitrogens is 3. The fourth-order valence-corrected chi connectivity index (χ4v) is 6.95. The van der Waals surface area contributed by atoms with Crippen molar-refractivity contribution in [1.29, 1.82) is 0 Å². The molecule has 208 valence electrons. The second-order valence-electron chi connectivity index (χ2n) is 10.7. The van der Waals surface area contributed by atoms with Gasteiger partial charge in [0.1, 0.15) is 5.52 Å². The molecule has 3 aromatic carbocycles. The minimum atomic E-state index is -3.98. The molecule has 9 heteroatoms. The molecule has 3 N–H and O–H groups in total. The SMILES string of the molecule is Cc1ccc(S(=O)(=O)n2cc(-c3ccc(C(N)=O)c(C)c3C)c3nc(-c4cc(C)c5c(c4)CCNC5)cnc32)cc1. The van der Waals surface area contributed by atoms with Gasteiger partial charge in [-0.1, -0.05) is 23.8 Å². The summed E-state index contributed by atoms with van der Waals surface area (Å²) < 4.78 is 29.0. The highest BCUT2D eigenvalue weighted by Crippen LogP contribution is 2.36. The summed E-state index contributed by atoms with van der Waals surface area (Å²) in [4.78, 5) is 21.9. The smallest absolute Gasteiger partial charge is 0.269 e. The largest absolute Gasteiger partial charge is 0.366 e. The van der Waals surface area contributed by atoms with Crippen molar-refractivity contribution in [2.45, 2.75) is 45.6 Å². The summed E-state index contributed by atoms with van der Waals surface area (Å²) >= 11 is 0. The zero-order valence-electron chi connectivity index (χ0n) is 23.4.